The van der Waals surface area contributed by atoms with E-state index in [1.807, 2.05) is 60.7 Å². The highest BCUT2D eigenvalue weighted by molar-refractivity contribution is 9.10. The van der Waals surface area contributed by atoms with Gasteiger partial charge < -0.3 is 4.74 Å². The molecular weight excluding hydrogens is 434 g/mol. The second kappa shape index (κ2) is 8.32. The van der Waals surface area contributed by atoms with E-state index in [-0.39, 0.29) is 6.03 Å². The van der Waals surface area contributed by atoms with Gasteiger partial charge in [0.15, 0.2) is 5.65 Å². The predicted molar refractivity (Wildman–Crippen MR) is 116 cm³/mol. The number of hydrogen-bond donors (Lipinski definition) is 0. The molecule has 0 unspecified atom stereocenters. The zero-order valence-corrected chi connectivity index (χ0v) is 17.2. The van der Waals surface area contributed by atoms with E-state index in [1.165, 1.54) is 4.03 Å². The minimum atomic E-state index is -0.288. The standard InChI is InChI=1S/C21H18BrN5O2/c1-29-18-11-9-17(10-12-18)25(14-16-6-3-2-4-7-16)21(28)27(22)26-15-24-19-8-5-13-23-20(19)26/h2-13,15H,14H2,1H3. The zero-order chi connectivity index (χ0) is 20.2. The van der Waals surface area contributed by atoms with Gasteiger partial charge in [0.25, 0.3) is 0 Å². The molecule has 0 aliphatic carbocycles. The Morgan fingerprint density at radius 2 is 1.79 bits per heavy atom. The van der Waals surface area contributed by atoms with Crippen LogP contribution < -0.4 is 13.7 Å². The van der Waals surface area contributed by atoms with E-state index in [9.17, 15) is 4.79 Å². The van der Waals surface area contributed by atoms with Crippen molar-refractivity contribution in [3.8, 4) is 5.75 Å². The van der Waals surface area contributed by atoms with Gasteiger partial charge in [-0.15, -0.1) is 0 Å². The van der Waals surface area contributed by atoms with Crippen LogP contribution in [0.25, 0.3) is 11.2 Å². The fourth-order valence-electron chi connectivity index (χ4n) is 2.96. The number of anilines is 1. The summed E-state index contributed by atoms with van der Waals surface area (Å²) in [7, 11) is 1.61. The molecule has 2 aromatic heterocycles. The number of pyridine rings is 1. The number of urea groups is 1. The van der Waals surface area contributed by atoms with Gasteiger partial charge in [-0.25, -0.2) is 19.4 Å². The third kappa shape index (κ3) is 3.93. The summed E-state index contributed by atoms with van der Waals surface area (Å²) in [6.45, 7) is 0.397. The highest BCUT2D eigenvalue weighted by Crippen LogP contribution is 2.24. The first-order valence-corrected chi connectivity index (χ1v) is 9.62. The van der Waals surface area contributed by atoms with E-state index in [0.717, 1.165) is 17.0 Å². The monoisotopic (exact) mass is 451 g/mol. The molecule has 2 amide bonds. The number of amides is 2. The number of halogens is 1. The van der Waals surface area contributed by atoms with Gasteiger partial charge in [0.05, 0.1) is 29.8 Å². The zero-order valence-electron chi connectivity index (χ0n) is 15.6. The van der Waals surface area contributed by atoms with Crippen molar-refractivity contribution in [1.82, 2.24) is 14.6 Å². The van der Waals surface area contributed by atoms with Crippen LogP contribution in [0.15, 0.2) is 79.3 Å². The number of hydrogen-bond acceptors (Lipinski definition) is 4. The average Bonchev–Trinajstić information content (AvgIpc) is 3.21. The van der Waals surface area contributed by atoms with Crippen LogP contribution in [0.5, 0.6) is 5.75 Å². The lowest BCUT2D eigenvalue weighted by atomic mass is 10.2. The van der Waals surface area contributed by atoms with Gasteiger partial charge in [0.1, 0.15) is 17.6 Å². The molecule has 0 saturated heterocycles. The summed E-state index contributed by atoms with van der Waals surface area (Å²) < 4.78 is 8.13. The van der Waals surface area contributed by atoms with E-state index in [2.05, 4.69) is 26.1 Å². The summed E-state index contributed by atoms with van der Waals surface area (Å²) in [5.41, 5.74) is 3.02. The lowest BCUT2D eigenvalue weighted by Crippen LogP contribution is -2.43. The first-order valence-electron chi connectivity index (χ1n) is 8.91. The fourth-order valence-corrected chi connectivity index (χ4v) is 3.38. The third-order valence-corrected chi connectivity index (χ3v) is 5.08. The second-order valence-corrected chi connectivity index (χ2v) is 6.92. The molecule has 0 radical (unpaired) electrons. The van der Waals surface area contributed by atoms with Crippen molar-refractivity contribution in [1.29, 1.82) is 0 Å². The van der Waals surface area contributed by atoms with E-state index < -0.39 is 0 Å². The molecule has 0 atom stereocenters. The molecule has 29 heavy (non-hydrogen) atoms. The van der Waals surface area contributed by atoms with Crippen molar-refractivity contribution in [2.75, 3.05) is 16.0 Å². The molecule has 4 rings (SSSR count). The largest absolute Gasteiger partial charge is 0.497 e. The fraction of sp³-hybridized carbons (Fsp3) is 0.0952. The van der Waals surface area contributed by atoms with Crippen molar-refractivity contribution in [3.05, 3.63) is 84.8 Å². The molecule has 0 spiro atoms. The summed E-state index contributed by atoms with van der Waals surface area (Å²) in [4.78, 5) is 23.7. The van der Waals surface area contributed by atoms with Crippen LogP contribution in [0.1, 0.15) is 5.56 Å². The van der Waals surface area contributed by atoms with Gasteiger partial charge in [-0.3, -0.25) is 4.90 Å². The van der Waals surface area contributed by atoms with Gasteiger partial charge in [-0.1, -0.05) is 30.3 Å². The lowest BCUT2D eigenvalue weighted by Gasteiger charge is -2.27. The molecule has 0 N–H and O–H groups in total. The number of carbonyl (C=O) groups excluding carboxylic acids is 1. The van der Waals surface area contributed by atoms with Gasteiger partial charge in [-0.2, -0.15) is 4.03 Å². The van der Waals surface area contributed by atoms with Crippen molar-refractivity contribution < 1.29 is 9.53 Å². The van der Waals surface area contributed by atoms with Gasteiger partial charge >= 0.3 is 6.03 Å². The Morgan fingerprint density at radius 1 is 1.03 bits per heavy atom. The number of benzene rings is 2. The number of methoxy groups -OCH3 is 1. The summed E-state index contributed by atoms with van der Waals surface area (Å²) >= 11 is 3.39. The van der Waals surface area contributed by atoms with Crippen molar-refractivity contribution >= 4 is 39.0 Å². The average molecular weight is 452 g/mol. The number of nitrogens with zero attached hydrogens (tertiary/aromatic N) is 5. The molecule has 2 aromatic carbocycles. The summed E-state index contributed by atoms with van der Waals surface area (Å²) in [5, 5.41) is 0. The minimum absolute atomic E-state index is 0.288. The number of ether oxygens (including phenoxy) is 1. The molecule has 0 bridgehead atoms. The van der Waals surface area contributed by atoms with Crippen LogP contribution >= 0.6 is 16.1 Å². The number of fused-ring (bicyclic) bond motifs is 1. The molecule has 146 valence electrons. The normalized spacial score (nSPS) is 10.7. The number of aromatic nitrogens is 3. The second-order valence-electron chi connectivity index (χ2n) is 6.25. The van der Waals surface area contributed by atoms with Crippen LogP contribution in [0.4, 0.5) is 10.5 Å². The Hall–Kier alpha value is -3.39. The maximum Gasteiger partial charge on any atom is 0.354 e. The molecule has 2 heterocycles. The van der Waals surface area contributed by atoms with Crippen LogP contribution in [0.3, 0.4) is 0 Å². The van der Waals surface area contributed by atoms with E-state index in [4.69, 9.17) is 4.74 Å². The molecular formula is C21H18BrN5O2. The summed E-state index contributed by atoms with van der Waals surface area (Å²) in [6.07, 6.45) is 3.22. The minimum Gasteiger partial charge on any atom is -0.497 e. The SMILES string of the molecule is COc1ccc(N(Cc2ccccc2)C(=O)N(Br)n2cnc3cccnc32)cc1. The lowest BCUT2D eigenvalue weighted by molar-refractivity contribution is 0.251. The van der Waals surface area contributed by atoms with Crippen LogP contribution in [0.2, 0.25) is 0 Å². The molecule has 7 nitrogen and oxygen atoms in total. The number of imidazole rings is 1. The van der Waals surface area contributed by atoms with Gasteiger partial charge in [0, 0.05) is 11.9 Å². The predicted octanol–water partition coefficient (Wildman–Crippen LogP) is 4.51. The van der Waals surface area contributed by atoms with Crippen molar-refractivity contribution in [3.63, 3.8) is 0 Å². The quantitative estimate of drug-likeness (QED) is 0.418. The Morgan fingerprint density at radius 3 is 2.52 bits per heavy atom. The third-order valence-electron chi connectivity index (χ3n) is 4.43. The summed E-state index contributed by atoms with van der Waals surface area (Å²) in [5.74, 6) is 0.723. The van der Waals surface area contributed by atoms with Crippen LogP contribution in [-0.4, -0.2) is 27.8 Å². The Kier molecular flexibility index (Phi) is 5.44. The molecule has 0 aliphatic rings. The highest BCUT2D eigenvalue weighted by atomic mass is 79.9. The maximum absolute atomic E-state index is 13.4. The maximum atomic E-state index is 13.4. The molecule has 0 aliphatic heterocycles. The van der Waals surface area contributed by atoms with E-state index in [1.54, 1.807) is 35.3 Å². The van der Waals surface area contributed by atoms with E-state index in [0.29, 0.717) is 17.7 Å². The van der Waals surface area contributed by atoms with Gasteiger partial charge in [0.2, 0.25) is 0 Å². The van der Waals surface area contributed by atoms with E-state index >= 15 is 0 Å². The highest BCUT2D eigenvalue weighted by Gasteiger charge is 2.24. The number of carbonyl (C=O) groups is 1. The first-order chi connectivity index (χ1) is 14.2. The molecule has 0 fully saturated rings. The van der Waals surface area contributed by atoms with Gasteiger partial charge in [-0.05, 0) is 42.0 Å². The summed E-state index contributed by atoms with van der Waals surface area (Å²) in [6, 6.07) is 20.5. The van der Waals surface area contributed by atoms with Crippen LogP contribution in [-0.2, 0) is 6.54 Å². The van der Waals surface area contributed by atoms with Crippen molar-refractivity contribution in [2.24, 2.45) is 0 Å². The molecule has 4 aromatic rings. The Bertz CT molecular complexity index is 1110. The number of rotatable bonds is 5. The Labute approximate surface area is 176 Å². The topological polar surface area (TPSA) is 63.5 Å². The molecule has 8 heteroatoms. The first kappa shape index (κ1) is 18.9. The van der Waals surface area contributed by atoms with Crippen molar-refractivity contribution in [2.45, 2.75) is 6.54 Å². The van der Waals surface area contributed by atoms with Crippen LogP contribution in [0, 0.1) is 0 Å². The molecule has 0 saturated carbocycles. The smallest absolute Gasteiger partial charge is 0.354 e. The Balaban J connectivity index is 1.69.